The van der Waals surface area contributed by atoms with E-state index < -0.39 is 5.97 Å². The number of carbonyl (C=O) groups is 1. The summed E-state index contributed by atoms with van der Waals surface area (Å²) in [6.07, 6.45) is 6.50. The lowest BCUT2D eigenvalue weighted by Gasteiger charge is -1.98. The number of carboxylic acids is 1. The minimum Gasteiger partial charge on any atom is -0.481 e. The Bertz CT molecular complexity index is 465. The number of carboxylic acid groups (broad SMARTS) is 1. The summed E-state index contributed by atoms with van der Waals surface area (Å²) < 4.78 is 5.03. The van der Waals surface area contributed by atoms with Gasteiger partial charge in [0.15, 0.2) is 18.0 Å². The summed E-state index contributed by atoms with van der Waals surface area (Å²) in [6.45, 7) is 0. The largest absolute Gasteiger partial charge is 0.481 e. The van der Waals surface area contributed by atoms with Crippen LogP contribution in [0.4, 0.5) is 0 Å². The molecule has 0 unspecified atom stereocenters. The van der Waals surface area contributed by atoms with Gasteiger partial charge in [0.1, 0.15) is 0 Å². The van der Waals surface area contributed by atoms with E-state index in [9.17, 15) is 4.79 Å². The SMILES string of the molecule is O=C(O)CCc1cnc(-c2cnco2)nc1. The lowest BCUT2D eigenvalue weighted by atomic mass is 10.2. The van der Waals surface area contributed by atoms with E-state index in [1.807, 2.05) is 0 Å². The standard InChI is InChI=1S/C10H9N3O3/c14-9(15)2-1-7-3-12-10(13-4-7)8-5-11-6-16-8/h3-6H,1-2H2,(H,14,15). The maximum Gasteiger partial charge on any atom is 0.303 e. The van der Waals surface area contributed by atoms with Crippen LogP contribution >= 0.6 is 0 Å². The van der Waals surface area contributed by atoms with Gasteiger partial charge in [0, 0.05) is 18.8 Å². The molecule has 0 aliphatic rings. The minimum absolute atomic E-state index is 0.0744. The first-order chi connectivity index (χ1) is 7.75. The normalized spacial score (nSPS) is 10.2. The summed E-state index contributed by atoms with van der Waals surface area (Å²) in [5.41, 5.74) is 0.783. The van der Waals surface area contributed by atoms with Gasteiger partial charge in [-0.25, -0.2) is 15.0 Å². The minimum atomic E-state index is -0.834. The number of hydrogen-bond donors (Lipinski definition) is 1. The number of nitrogens with zero attached hydrogens (tertiary/aromatic N) is 3. The van der Waals surface area contributed by atoms with Crippen LogP contribution < -0.4 is 0 Å². The quantitative estimate of drug-likeness (QED) is 0.829. The number of aryl methyl sites for hydroxylation is 1. The molecule has 0 fully saturated rings. The van der Waals surface area contributed by atoms with E-state index in [4.69, 9.17) is 9.52 Å². The molecule has 0 aliphatic carbocycles. The Labute approximate surface area is 91.0 Å². The Morgan fingerprint density at radius 3 is 2.62 bits per heavy atom. The smallest absolute Gasteiger partial charge is 0.303 e. The molecule has 2 aromatic rings. The van der Waals surface area contributed by atoms with E-state index >= 15 is 0 Å². The highest BCUT2D eigenvalue weighted by Crippen LogP contribution is 2.12. The molecule has 0 spiro atoms. The number of hydrogen-bond acceptors (Lipinski definition) is 5. The van der Waals surface area contributed by atoms with Gasteiger partial charge >= 0.3 is 5.97 Å². The van der Waals surface area contributed by atoms with Crippen LogP contribution in [0.25, 0.3) is 11.6 Å². The summed E-state index contributed by atoms with van der Waals surface area (Å²) in [6, 6.07) is 0. The topological polar surface area (TPSA) is 89.1 Å². The first-order valence-corrected chi connectivity index (χ1v) is 4.67. The van der Waals surface area contributed by atoms with Crippen molar-refractivity contribution < 1.29 is 14.3 Å². The van der Waals surface area contributed by atoms with Gasteiger partial charge in [-0.2, -0.15) is 0 Å². The monoisotopic (exact) mass is 219 g/mol. The Kier molecular flexibility index (Phi) is 2.90. The van der Waals surface area contributed by atoms with E-state index in [-0.39, 0.29) is 6.42 Å². The molecule has 0 atom stereocenters. The van der Waals surface area contributed by atoms with E-state index in [0.717, 1.165) is 5.56 Å². The Balaban J connectivity index is 2.08. The second-order valence-electron chi connectivity index (χ2n) is 3.17. The summed E-state index contributed by atoms with van der Waals surface area (Å²) in [7, 11) is 0. The van der Waals surface area contributed by atoms with Crippen molar-refractivity contribution in [3.63, 3.8) is 0 Å². The molecule has 0 saturated heterocycles. The van der Waals surface area contributed by atoms with E-state index in [0.29, 0.717) is 18.0 Å². The van der Waals surface area contributed by atoms with Crippen LogP contribution in [0.1, 0.15) is 12.0 Å². The van der Waals surface area contributed by atoms with Crippen LogP contribution in [-0.4, -0.2) is 26.0 Å². The fraction of sp³-hybridized carbons (Fsp3) is 0.200. The van der Waals surface area contributed by atoms with Crippen molar-refractivity contribution >= 4 is 5.97 Å². The molecular weight excluding hydrogens is 210 g/mol. The second-order valence-corrected chi connectivity index (χ2v) is 3.17. The van der Waals surface area contributed by atoms with Crippen molar-refractivity contribution in [3.05, 3.63) is 30.5 Å². The predicted octanol–water partition coefficient (Wildman–Crippen LogP) is 1.15. The van der Waals surface area contributed by atoms with Gasteiger partial charge in [-0.1, -0.05) is 0 Å². The maximum absolute atomic E-state index is 10.4. The van der Waals surface area contributed by atoms with Crippen LogP contribution in [0.5, 0.6) is 0 Å². The lowest BCUT2D eigenvalue weighted by molar-refractivity contribution is -0.136. The molecule has 0 bridgehead atoms. The Hall–Kier alpha value is -2.24. The summed E-state index contributed by atoms with van der Waals surface area (Å²) in [4.78, 5) is 22.2. The van der Waals surface area contributed by atoms with Crippen molar-refractivity contribution in [2.45, 2.75) is 12.8 Å². The Morgan fingerprint density at radius 2 is 2.06 bits per heavy atom. The molecule has 6 nitrogen and oxygen atoms in total. The molecule has 6 heteroatoms. The molecule has 0 amide bonds. The van der Waals surface area contributed by atoms with Gasteiger partial charge < -0.3 is 9.52 Å². The first-order valence-electron chi connectivity index (χ1n) is 4.67. The third-order valence-electron chi connectivity index (χ3n) is 1.99. The lowest BCUT2D eigenvalue weighted by Crippen LogP contribution is -1.99. The number of oxazole rings is 1. The zero-order valence-electron chi connectivity index (χ0n) is 8.33. The molecule has 16 heavy (non-hydrogen) atoms. The molecular formula is C10H9N3O3. The van der Waals surface area contributed by atoms with E-state index in [1.54, 1.807) is 12.4 Å². The third-order valence-corrected chi connectivity index (χ3v) is 1.99. The fourth-order valence-corrected chi connectivity index (χ4v) is 1.19. The van der Waals surface area contributed by atoms with Crippen molar-refractivity contribution in [2.75, 3.05) is 0 Å². The third kappa shape index (κ3) is 2.41. The molecule has 1 N–H and O–H groups in total. The van der Waals surface area contributed by atoms with Crippen molar-refractivity contribution in [2.24, 2.45) is 0 Å². The van der Waals surface area contributed by atoms with Crippen LogP contribution in [0, 0.1) is 0 Å². The van der Waals surface area contributed by atoms with Gasteiger partial charge in [-0.05, 0) is 12.0 Å². The molecule has 2 rings (SSSR count). The van der Waals surface area contributed by atoms with Gasteiger partial charge in [-0.15, -0.1) is 0 Å². The van der Waals surface area contributed by atoms with Crippen LogP contribution in [-0.2, 0) is 11.2 Å². The van der Waals surface area contributed by atoms with Crippen molar-refractivity contribution in [1.29, 1.82) is 0 Å². The molecule has 0 radical (unpaired) electrons. The summed E-state index contributed by atoms with van der Waals surface area (Å²) >= 11 is 0. The molecule has 0 aliphatic heterocycles. The zero-order chi connectivity index (χ0) is 11.4. The van der Waals surface area contributed by atoms with Crippen LogP contribution in [0.3, 0.4) is 0 Å². The first kappa shape index (κ1) is 10.3. The molecule has 0 saturated carbocycles. The molecule has 0 aromatic carbocycles. The zero-order valence-corrected chi connectivity index (χ0v) is 8.33. The average Bonchev–Trinajstić information content (AvgIpc) is 2.80. The molecule has 2 heterocycles. The number of aromatic nitrogens is 3. The summed E-state index contributed by atoms with van der Waals surface area (Å²) in [5.74, 6) is 0.0978. The Morgan fingerprint density at radius 1 is 1.31 bits per heavy atom. The van der Waals surface area contributed by atoms with Gasteiger partial charge in [0.05, 0.1) is 6.20 Å². The highest BCUT2D eigenvalue weighted by Gasteiger charge is 2.05. The van der Waals surface area contributed by atoms with Crippen molar-refractivity contribution in [1.82, 2.24) is 15.0 Å². The fourth-order valence-electron chi connectivity index (χ4n) is 1.19. The molecule has 82 valence electrons. The second kappa shape index (κ2) is 4.52. The average molecular weight is 219 g/mol. The maximum atomic E-state index is 10.4. The predicted molar refractivity (Wildman–Crippen MR) is 53.5 cm³/mol. The van der Waals surface area contributed by atoms with Crippen LogP contribution in [0.2, 0.25) is 0 Å². The highest BCUT2D eigenvalue weighted by atomic mass is 16.4. The summed E-state index contributed by atoms with van der Waals surface area (Å²) in [5, 5.41) is 8.52. The van der Waals surface area contributed by atoms with Gasteiger partial charge in [0.25, 0.3) is 0 Å². The van der Waals surface area contributed by atoms with E-state index in [1.165, 1.54) is 12.6 Å². The van der Waals surface area contributed by atoms with Gasteiger partial charge in [0.2, 0.25) is 0 Å². The van der Waals surface area contributed by atoms with E-state index in [2.05, 4.69) is 15.0 Å². The van der Waals surface area contributed by atoms with Crippen molar-refractivity contribution in [3.8, 4) is 11.6 Å². The van der Waals surface area contributed by atoms with Gasteiger partial charge in [-0.3, -0.25) is 4.79 Å². The van der Waals surface area contributed by atoms with Crippen LogP contribution in [0.15, 0.2) is 29.4 Å². The number of rotatable bonds is 4. The number of aliphatic carboxylic acids is 1. The highest BCUT2D eigenvalue weighted by molar-refractivity contribution is 5.67. The molecule has 2 aromatic heterocycles.